The SMILES string of the molecule is CCc1nnc(C)cc1C(O)c1ccccc1C. The standard InChI is InChI=1S/C15H18N2O/c1-4-14-13(9-11(3)16-17-14)15(18)12-8-6-5-7-10(12)2/h5-9,15,18H,4H2,1-3H3. The first kappa shape index (κ1) is 12.7. The summed E-state index contributed by atoms with van der Waals surface area (Å²) in [5, 5.41) is 18.8. The van der Waals surface area contributed by atoms with Gasteiger partial charge in [-0.3, -0.25) is 0 Å². The number of rotatable bonds is 3. The Morgan fingerprint density at radius 3 is 2.50 bits per heavy atom. The second kappa shape index (κ2) is 5.27. The van der Waals surface area contributed by atoms with Gasteiger partial charge in [-0.15, -0.1) is 0 Å². The number of benzene rings is 1. The Morgan fingerprint density at radius 1 is 1.11 bits per heavy atom. The highest BCUT2D eigenvalue weighted by Crippen LogP contribution is 2.26. The van der Waals surface area contributed by atoms with Crippen molar-refractivity contribution in [3.05, 3.63) is 58.4 Å². The fourth-order valence-electron chi connectivity index (χ4n) is 2.11. The predicted molar refractivity (Wildman–Crippen MR) is 71.4 cm³/mol. The molecule has 1 unspecified atom stereocenters. The van der Waals surface area contributed by atoms with Crippen LogP contribution in [0.25, 0.3) is 0 Å². The number of hydrogen-bond donors (Lipinski definition) is 1. The largest absolute Gasteiger partial charge is 0.384 e. The van der Waals surface area contributed by atoms with Crippen LogP contribution in [0.3, 0.4) is 0 Å². The molecule has 18 heavy (non-hydrogen) atoms. The lowest BCUT2D eigenvalue weighted by Crippen LogP contribution is -2.08. The molecule has 0 radical (unpaired) electrons. The second-order valence-corrected chi connectivity index (χ2v) is 4.50. The van der Waals surface area contributed by atoms with Crippen molar-refractivity contribution in [3.8, 4) is 0 Å². The minimum absolute atomic E-state index is 0.629. The predicted octanol–water partition coefficient (Wildman–Crippen LogP) is 2.74. The Kier molecular flexibility index (Phi) is 3.72. The van der Waals surface area contributed by atoms with Gasteiger partial charge < -0.3 is 5.11 Å². The van der Waals surface area contributed by atoms with Crippen LogP contribution in [0, 0.1) is 13.8 Å². The van der Waals surface area contributed by atoms with E-state index in [1.807, 2.05) is 51.1 Å². The number of aliphatic hydroxyl groups excluding tert-OH is 1. The fraction of sp³-hybridized carbons (Fsp3) is 0.333. The van der Waals surface area contributed by atoms with Crippen LogP contribution in [0.15, 0.2) is 30.3 Å². The summed E-state index contributed by atoms with van der Waals surface area (Å²) in [6.45, 7) is 5.92. The molecule has 0 amide bonds. The minimum atomic E-state index is -0.629. The molecule has 1 N–H and O–H groups in total. The third-order valence-electron chi connectivity index (χ3n) is 3.14. The average molecular weight is 242 g/mol. The third kappa shape index (κ3) is 2.41. The molecule has 3 nitrogen and oxygen atoms in total. The fourth-order valence-corrected chi connectivity index (χ4v) is 2.11. The Balaban J connectivity index is 2.48. The molecule has 0 aliphatic carbocycles. The molecule has 0 spiro atoms. The molecule has 0 fully saturated rings. The molecule has 0 aliphatic rings. The molecular weight excluding hydrogens is 224 g/mol. The van der Waals surface area contributed by atoms with Gasteiger partial charge in [0.25, 0.3) is 0 Å². The first-order valence-corrected chi connectivity index (χ1v) is 6.20. The number of hydrogen-bond acceptors (Lipinski definition) is 3. The lowest BCUT2D eigenvalue weighted by molar-refractivity contribution is 0.217. The maximum atomic E-state index is 10.5. The molecule has 1 heterocycles. The lowest BCUT2D eigenvalue weighted by Gasteiger charge is -2.16. The van der Waals surface area contributed by atoms with E-state index >= 15 is 0 Å². The van der Waals surface area contributed by atoms with Gasteiger partial charge in [-0.2, -0.15) is 10.2 Å². The monoisotopic (exact) mass is 242 g/mol. The van der Waals surface area contributed by atoms with Crippen LogP contribution in [-0.4, -0.2) is 15.3 Å². The van der Waals surface area contributed by atoms with E-state index < -0.39 is 6.10 Å². The summed E-state index contributed by atoms with van der Waals surface area (Å²) in [5.74, 6) is 0. The highest BCUT2D eigenvalue weighted by atomic mass is 16.3. The second-order valence-electron chi connectivity index (χ2n) is 4.50. The van der Waals surface area contributed by atoms with E-state index in [0.717, 1.165) is 34.5 Å². The van der Waals surface area contributed by atoms with Gasteiger partial charge in [0.15, 0.2) is 0 Å². The van der Waals surface area contributed by atoms with Crippen molar-refractivity contribution >= 4 is 0 Å². The molecule has 0 saturated heterocycles. The molecule has 2 rings (SSSR count). The van der Waals surface area contributed by atoms with Crippen LogP contribution in [0.1, 0.15) is 41.1 Å². The van der Waals surface area contributed by atoms with E-state index in [2.05, 4.69) is 10.2 Å². The summed E-state index contributed by atoms with van der Waals surface area (Å²) < 4.78 is 0. The number of aromatic nitrogens is 2. The van der Waals surface area contributed by atoms with Gasteiger partial charge in [-0.25, -0.2) is 0 Å². The molecule has 0 bridgehead atoms. The van der Waals surface area contributed by atoms with Crippen LogP contribution in [0.2, 0.25) is 0 Å². The highest BCUT2D eigenvalue weighted by Gasteiger charge is 2.17. The molecule has 0 saturated carbocycles. The first-order chi connectivity index (χ1) is 8.63. The van der Waals surface area contributed by atoms with Gasteiger partial charge in [-0.05, 0) is 37.5 Å². The van der Waals surface area contributed by atoms with Gasteiger partial charge >= 0.3 is 0 Å². The molecule has 1 atom stereocenters. The van der Waals surface area contributed by atoms with Gasteiger partial charge in [0.1, 0.15) is 6.10 Å². The Bertz CT molecular complexity index is 552. The smallest absolute Gasteiger partial charge is 0.106 e. The Hall–Kier alpha value is -1.74. The molecule has 94 valence electrons. The van der Waals surface area contributed by atoms with E-state index in [0.29, 0.717) is 0 Å². The normalized spacial score (nSPS) is 12.4. The van der Waals surface area contributed by atoms with E-state index in [-0.39, 0.29) is 0 Å². The molecule has 3 heteroatoms. The quantitative estimate of drug-likeness (QED) is 0.900. The summed E-state index contributed by atoms with van der Waals surface area (Å²) in [5.41, 5.74) is 4.56. The van der Waals surface area contributed by atoms with Gasteiger partial charge in [0.05, 0.1) is 11.4 Å². The minimum Gasteiger partial charge on any atom is -0.384 e. The summed E-state index contributed by atoms with van der Waals surface area (Å²) >= 11 is 0. The zero-order valence-electron chi connectivity index (χ0n) is 11.0. The van der Waals surface area contributed by atoms with Crippen LogP contribution in [-0.2, 0) is 6.42 Å². The molecule has 1 aromatic heterocycles. The zero-order chi connectivity index (χ0) is 13.1. The maximum absolute atomic E-state index is 10.5. The van der Waals surface area contributed by atoms with Gasteiger partial charge in [0.2, 0.25) is 0 Å². The Morgan fingerprint density at radius 2 is 1.83 bits per heavy atom. The van der Waals surface area contributed by atoms with Crippen LogP contribution < -0.4 is 0 Å². The van der Waals surface area contributed by atoms with Crippen molar-refractivity contribution in [1.82, 2.24) is 10.2 Å². The van der Waals surface area contributed by atoms with Crippen molar-refractivity contribution in [3.63, 3.8) is 0 Å². The summed E-state index contributed by atoms with van der Waals surface area (Å²) in [6.07, 6.45) is 0.140. The molecular formula is C15H18N2O. The number of nitrogens with zero attached hydrogens (tertiary/aromatic N) is 2. The van der Waals surface area contributed by atoms with E-state index in [4.69, 9.17) is 0 Å². The summed E-state index contributed by atoms with van der Waals surface area (Å²) in [7, 11) is 0. The van der Waals surface area contributed by atoms with Crippen molar-refractivity contribution in [2.24, 2.45) is 0 Å². The summed E-state index contributed by atoms with van der Waals surface area (Å²) in [6, 6.07) is 9.80. The van der Waals surface area contributed by atoms with Gasteiger partial charge in [0, 0.05) is 5.56 Å². The maximum Gasteiger partial charge on any atom is 0.106 e. The molecule has 2 aromatic rings. The zero-order valence-corrected chi connectivity index (χ0v) is 11.0. The molecule has 1 aromatic carbocycles. The van der Waals surface area contributed by atoms with E-state index in [9.17, 15) is 5.11 Å². The summed E-state index contributed by atoms with van der Waals surface area (Å²) in [4.78, 5) is 0. The van der Waals surface area contributed by atoms with Crippen molar-refractivity contribution in [2.45, 2.75) is 33.3 Å². The first-order valence-electron chi connectivity index (χ1n) is 6.20. The van der Waals surface area contributed by atoms with Crippen LogP contribution in [0.5, 0.6) is 0 Å². The van der Waals surface area contributed by atoms with Crippen molar-refractivity contribution in [1.29, 1.82) is 0 Å². The Labute approximate surface area is 108 Å². The molecule has 0 aliphatic heterocycles. The van der Waals surface area contributed by atoms with E-state index in [1.165, 1.54) is 0 Å². The van der Waals surface area contributed by atoms with Crippen molar-refractivity contribution in [2.75, 3.05) is 0 Å². The van der Waals surface area contributed by atoms with Gasteiger partial charge in [-0.1, -0.05) is 31.2 Å². The lowest BCUT2D eigenvalue weighted by atomic mass is 9.96. The third-order valence-corrected chi connectivity index (χ3v) is 3.14. The highest BCUT2D eigenvalue weighted by molar-refractivity contribution is 5.37. The van der Waals surface area contributed by atoms with E-state index in [1.54, 1.807) is 0 Å². The van der Waals surface area contributed by atoms with Crippen molar-refractivity contribution < 1.29 is 5.11 Å². The number of aryl methyl sites for hydroxylation is 3. The topological polar surface area (TPSA) is 46.0 Å². The number of aliphatic hydroxyl groups is 1. The van der Waals surface area contributed by atoms with Crippen LogP contribution in [0.4, 0.5) is 0 Å². The van der Waals surface area contributed by atoms with Crippen LogP contribution >= 0.6 is 0 Å². The average Bonchev–Trinajstić information content (AvgIpc) is 2.38.